The molecule has 146 valence electrons. The molecule has 0 aliphatic rings. The number of rotatable bonds is 8. The van der Waals surface area contributed by atoms with E-state index in [0.29, 0.717) is 5.69 Å². The third-order valence-corrected chi connectivity index (χ3v) is 5.77. The van der Waals surface area contributed by atoms with Crippen molar-refractivity contribution in [3.8, 4) is 0 Å². The standard InChI is InChI=1S/C21H28N2O3S/c1-5-17-10-12-19(13-11-17)23(27(4,25)26)15-14-20(24)22-21-16(3)8-7-9-18(21)6-2/h7-13H,5-6,14-15H2,1-4H3,(H,22,24). The average Bonchev–Trinajstić information content (AvgIpc) is 2.63. The number of amides is 1. The first-order valence-electron chi connectivity index (χ1n) is 9.21. The highest BCUT2D eigenvalue weighted by molar-refractivity contribution is 7.92. The maximum absolute atomic E-state index is 12.5. The molecule has 2 aromatic rings. The van der Waals surface area contributed by atoms with E-state index in [1.54, 1.807) is 12.1 Å². The lowest BCUT2D eigenvalue weighted by molar-refractivity contribution is -0.116. The van der Waals surface area contributed by atoms with Gasteiger partial charge < -0.3 is 5.32 Å². The summed E-state index contributed by atoms with van der Waals surface area (Å²) >= 11 is 0. The van der Waals surface area contributed by atoms with E-state index in [0.717, 1.165) is 41.5 Å². The number of anilines is 2. The Morgan fingerprint density at radius 3 is 2.26 bits per heavy atom. The van der Waals surface area contributed by atoms with Crippen LogP contribution in [0.4, 0.5) is 11.4 Å². The fourth-order valence-electron chi connectivity index (χ4n) is 2.99. The van der Waals surface area contributed by atoms with Crippen molar-refractivity contribution in [2.45, 2.75) is 40.0 Å². The predicted molar refractivity (Wildman–Crippen MR) is 112 cm³/mol. The number of nitrogens with one attached hydrogen (secondary N) is 1. The summed E-state index contributed by atoms with van der Waals surface area (Å²) in [4.78, 5) is 12.5. The Kier molecular flexibility index (Phi) is 7.02. The van der Waals surface area contributed by atoms with Crippen LogP contribution in [0.25, 0.3) is 0 Å². The molecule has 0 fully saturated rings. The molecule has 0 aliphatic heterocycles. The van der Waals surface area contributed by atoms with Crippen LogP contribution in [0.1, 0.15) is 37.0 Å². The fraction of sp³-hybridized carbons (Fsp3) is 0.381. The molecule has 0 unspecified atom stereocenters. The minimum Gasteiger partial charge on any atom is -0.326 e. The number of carbonyl (C=O) groups is 1. The zero-order chi connectivity index (χ0) is 20.0. The van der Waals surface area contributed by atoms with E-state index in [1.165, 1.54) is 4.31 Å². The van der Waals surface area contributed by atoms with Crippen molar-refractivity contribution in [3.63, 3.8) is 0 Å². The van der Waals surface area contributed by atoms with Crippen molar-refractivity contribution in [3.05, 3.63) is 59.2 Å². The fourth-order valence-corrected chi connectivity index (χ4v) is 3.92. The van der Waals surface area contributed by atoms with Gasteiger partial charge in [-0.2, -0.15) is 0 Å². The molecule has 6 heteroatoms. The SMILES string of the molecule is CCc1ccc(N(CCC(=O)Nc2c(C)cccc2CC)S(C)(=O)=O)cc1. The van der Waals surface area contributed by atoms with Crippen LogP contribution in [-0.2, 0) is 27.7 Å². The van der Waals surface area contributed by atoms with E-state index in [-0.39, 0.29) is 18.9 Å². The van der Waals surface area contributed by atoms with Crippen LogP contribution in [0.15, 0.2) is 42.5 Å². The average molecular weight is 389 g/mol. The number of hydrogen-bond donors (Lipinski definition) is 1. The van der Waals surface area contributed by atoms with Gasteiger partial charge in [0.15, 0.2) is 0 Å². The van der Waals surface area contributed by atoms with Gasteiger partial charge in [-0.3, -0.25) is 9.10 Å². The molecule has 27 heavy (non-hydrogen) atoms. The van der Waals surface area contributed by atoms with Gasteiger partial charge in [-0.05, 0) is 48.6 Å². The number of nitrogens with zero attached hydrogens (tertiary/aromatic N) is 1. The zero-order valence-electron chi connectivity index (χ0n) is 16.5. The summed E-state index contributed by atoms with van der Waals surface area (Å²) < 4.78 is 25.7. The number of sulfonamides is 1. The Labute approximate surface area is 162 Å². The minimum atomic E-state index is -3.47. The van der Waals surface area contributed by atoms with E-state index in [4.69, 9.17) is 0 Å². The normalized spacial score (nSPS) is 11.3. The Balaban J connectivity index is 2.12. The van der Waals surface area contributed by atoms with Crippen molar-refractivity contribution < 1.29 is 13.2 Å². The van der Waals surface area contributed by atoms with Gasteiger partial charge in [-0.1, -0.05) is 44.2 Å². The van der Waals surface area contributed by atoms with Gasteiger partial charge >= 0.3 is 0 Å². The minimum absolute atomic E-state index is 0.0834. The van der Waals surface area contributed by atoms with Crippen molar-refractivity contribution in [1.29, 1.82) is 0 Å². The van der Waals surface area contributed by atoms with Crippen molar-refractivity contribution >= 4 is 27.3 Å². The van der Waals surface area contributed by atoms with Crippen LogP contribution in [-0.4, -0.2) is 27.1 Å². The summed E-state index contributed by atoms with van der Waals surface area (Å²) in [6.07, 6.45) is 2.95. The molecule has 2 aromatic carbocycles. The van der Waals surface area contributed by atoms with E-state index < -0.39 is 10.0 Å². The largest absolute Gasteiger partial charge is 0.326 e. The topological polar surface area (TPSA) is 66.5 Å². The van der Waals surface area contributed by atoms with Gasteiger partial charge in [-0.15, -0.1) is 0 Å². The van der Waals surface area contributed by atoms with Crippen LogP contribution in [0.3, 0.4) is 0 Å². The van der Waals surface area contributed by atoms with Crippen LogP contribution >= 0.6 is 0 Å². The van der Waals surface area contributed by atoms with Gasteiger partial charge in [0.05, 0.1) is 11.9 Å². The lowest BCUT2D eigenvalue weighted by Crippen LogP contribution is -2.33. The first-order valence-corrected chi connectivity index (χ1v) is 11.1. The van der Waals surface area contributed by atoms with Gasteiger partial charge in [0.2, 0.25) is 15.9 Å². The molecule has 0 saturated carbocycles. The summed E-state index contributed by atoms with van der Waals surface area (Å²) in [5.41, 5.74) is 4.60. The molecule has 0 heterocycles. The molecular weight excluding hydrogens is 360 g/mol. The van der Waals surface area contributed by atoms with Crippen LogP contribution in [0, 0.1) is 6.92 Å². The predicted octanol–water partition coefficient (Wildman–Crippen LogP) is 3.91. The number of carbonyl (C=O) groups excluding carboxylic acids is 1. The summed E-state index contributed by atoms with van der Waals surface area (Å²) in [6.45, 7) is 6.13. The summed E-state index contributed by atoms with van der Waals surface area (Å²) in [7, 11) is -3.47. The maximum atomic E-state index is 12.5. The second-order valence-electron chi connectivity index (χ2n) is 6.62. The number of aryl methyl sites for hydroxylation is 3. The second-order valence-corrected chi connectivity index (χ2v) is 8.52. The van der Waals surface area contributed by atoms with E-state index in [1.807, 2.05) is 51.1 Å². The van der Waals surface area contributed by atoms with Crippen molar-refractivity contribution in [2.24, 2.45) is 0 Å². The first-order chi connectivity index (χ1) is 12.8. The first kappa shape index (κ1) is 21.0. The highest BCUT2D eigenvalue weighted by atomic mass is 32.2. The highest BCUT2D eigenvalue weighted by Gasteiger charge is 2.19. The maximum Gasteiger partial charge on any atom is 0.232 e. The van der Waals surface area contributed by atoms with Gasteiger partial charge in [0.1, 0.15) is 0 Å². The third kappa shape index (κ3) is 5.57. The van der Waals surface area contributed by atoms with Gasteiger partial charge in [0.25, 0.3) is 0 Å². The summed E-state index contributed by atoms with van der Waals surface area (Å²) in [5, 5.41) is 2.95. The van der Waals surface area contributed by atoms with Gasteiger partial charge in [0, 0.05) is 18.7 Å². The summed E-state index contributed by atoms with van der Waals surface area (Å²) in [6, 6.07) is 13.3. The Morgan fingerprint density at radius 2 is 1.70 bits per heavy atom. The number of para-hydroxylation sites is 1. The molecule has 5 nitrogen and oxygen atoms in total. The number of hydrogen-bond acceptors (Lipinski definition) is 3. The second kappa shape index (κ2) is 9.04. The molecule has 0 bridgehead atoms. The molecule has 0 atom stereocenters. The Bertz CT molecular complexity index is 890. The van der Waals surface area contributed by atoms with E-state index in [2.05, 4.69) is 5.32 Å². The third-order valence-electron chi connectivity index (χ3n) is 4.58. The number of benzene rings is 2. The molecule has 0 spiro atoms. The molecule has 1 amide bonds. The van der Waals surface area contributed by atoms with Crippen LogP contribution < -0.4 is 9.62 Å². The highest BCUT2D eigenvalue weighted by Crippen LogP contribution is 2.22. The Hall–Kier alpha value is -2.34. The lowest BCUT2D eigenvalue weighted by Gasteiger charge is -2.22. The van der Waals surface area contributed by atoms with E-state index in [9.17, 15) is 13.2 Å². The zero-order valence-corrected chi connectivity index (χ0v) is 17.3. The smallest absolute Gasteiger partial charge is 0.232 e. The Morgan fingerprint density at radius 1 is 1.04 bits per heavy atom. The molecule has 1 N–H and O–H groups in total. The molecular formula is C21H28N2O3S. The molecule has 2 rings (SSSR count). The van der Waals surface area contributed by atoms with Crippen molar-refractivity contribution in [2.75, 3.05) is 22.4 Å². The lowest BCUT2D eigenvalue weighted by atomic mass is 10.1. The van der Waals surface area contributed by atoms with Crippen LogP contribution in [0.5, 0.6) is 0 Å². The van der Waals surface area contributed by atoms with Crippen molar-refractivity contribution in [1.82, 2.24) is 0 Å². The van der Waals surface area contributed by atoms with Gasteiger partial charge in [-0.25, -0.2) is 8.42 Å². The molecule has 0 aromatic heterocycles. The summed E-state index contributed by atoms with van der Waals surface area (Å²) in [5.74, 6) is -0.196. The van der Waals surface area contributed by atoms with Crippen LogP contribution in [0.2, 0.25) is 0 Å². The molecule has 0 aliphatic carbocycles. The quantitative estimate of drug-likeness (QED) is 0.745. The molecule has 0 radical (unpaired) electrons. The molecule has 0 saturated heterocycles. The van der Waals surface area contributed by atoms with E-state index >= 15 is 0 Å². The monoisotopic (exact) mass is 388 g/mol.